The van der Waals surface area contributed by atoms with Gasteiger partial charge >= 0.3 is 0 Å². The van der Waals surface area contributed by atoms with Gasteiger partial charge in [0.25, 0.3) is 0 Å². The summed E-state index contributed by atoms with van der Waals surface area (Å²) in [7, 11) is 2.01. The Labute approximate surface area is 129 Å². The van der Waals surface area contributed by atoms with Crippen LogP contribution in [-0.2, 0) is 11.8 Å². The van der Waals surface area contributed by atoms with Gasteiger partial charge in [0.15, 0.2) is 0 Å². The van der Waals surface area contributed by atoms with Crippen LogP contribution in [0.15, 0.2) is 60.8 Å². The van der Waals surface area contributed by atoms with Crippen molar-refractivity contribution in [2.24, 2.45) is 7.05 Å². The molecule has 2 atom stereocenters. The van der Waals surface area contributed by atoms with Crippen LogP contribution in [0.5, 0.6) is 0 Å². The molecule has 0 bridgehead atoms. The average molecular weight is 298 g/mol. The van der Waals surface area contributed by atoms with Gasteiger partial charge in [-0.2, -0.15) is 0 Å². The maximum atomic E-state index is 11.3. The molecule has 1 heterocycles. The van der Waals surface area contributed by atoms with E-state index in [1.54, 1.807) is 0 Å². The third-order valence-corrected chi connectivity index (χ3v) is 4.22. The predicted molar refractivity (Wildman–Crippen MR) is 86.9 cm³/mol. The first-order valence-corrected chi connectivity index (χ1v) is 7.34. The molecule has 21 heavy (non-hydrogen) atoms. The SMILES string of the molecule is Cn1cc([C@@H](c2ccccc2)[C@H](Cl)C=O)c2ccccc21. The van der Waals surface area contributed by atoms with E-state index in [-0.39, 0.29) is 5.92 Å². The Kier molecular flexibility index (Phi) is 3.80. The van der Waals surface area contributed by atoms with Gasteiger partial charge in [-0.05, 0) is 17.2 Å². The van der Waals surface area contributed by atoms with Crippen LogP contribution < -0.4 is 0 Å². The normalized spacial score (nSPS) is 14.0. The number of rotatable bonds is 4. The first kappa shape index (κ1) is 13.9. The molecule has 3 rings (SSSR count). The number of aldehydes is 1. The summed E-state index contributed by atoms with van der Waals surface area (Å²) in [6.45, 7) is 0. The summed E-state index contributed by atoms with van der Waals surface area (Å²) in [5, 5.41) is 0.555. The Bertz CT molecular complexity index is 763. The van der Waals surface area contributed by atoms with E-state index in [9.17, 15) is 4.79 Å². The molecule has 3 heteroatoms. The molecule has 0 amide bonds. The van der Waals surface area contributed by atoms with Crippen molar-refractivity contribution in [3.05, 3.63) is 71.9 Å². The molecule has 0 spiro atoms. The number of carbonyl (C=O) groups excluding carboxylic acids is 1. The Hall–Kier alpha value is -2.06. The van der Waals surface area contributed by atoms with Crippen LogP contribution in [0, 0.1) is 0 Å². The van der Waals surface area contributed by atoms with Crippen LogP contribution in [0.4, 0.5) is 0 Å². The summed E-state index contributed by atoms with van der Waals surface area (Å²) >= 11 is 6.33. The first-order chi connectivity index (χ1) is 10.2. The second kappa shape index (κ2) is 5.74. The number of carbonyl (C=O) groups is 1. The van der Waals surface area contributed by atoms with Crippen molar-refractivity contribution in [3.63, 3.8) is 0 Å². The number of halogens is 1. The third-order valence-electron chi connectivity index (χ3n) is 3.87. The highest BCUT2D eigenvalue weighted by Crippen LogP contribution is 2.35. The molecule has 0 radical (unpaired) electrons. The van der Waals surface area contributed by atoms with Crippen molar-refractivity contribution in [3.8, 4) is 0 Å². The van der Waals surface area contributed by atoms with Gasteiger partial charge < -0.3 is 9.36 Å². The summed E-state index contributed by atoms with van der Waals surface area (Å²) < 4.78 is 2.08. The number of hydrogen-bond acceptors (Lipinski definition) is 1. The molecule has 0 aliphatic carbocycles. The molecule has 2 nitrogen and oxygen atoms in total. The van der Waals surface area contributed by atoms with Crippen molar-refractivity contribution >= 4 is 28.8 Å². The molecule has 0 aliphatic heterocycles. The Morgan fingerprint density at radius 2 is 1.71 bits per heavy atom. The Morgan fingerprint density at radius 3 is 2.43 bits per heavy atom. The zero-order chi connectivity index (χ0) is 14.8. The van der Waals surface area contributed by atoms with Crippen LogP contribution in [0.1, 0.15) is 17.0 Å². The first-order valence-electron chi connectivity index (χ1n) is 6.90. The van der Waals surface area contributed by atoms with E-state index in [2.05, 4.69) is 22.9 Å². The number of aryl methyl sites for hydroxylation is 1. The number of hydrogen-bond donors (Lipinski definition) is 0. The van der Waals surface area contributed by atoms with Gasteiger partial charge in [0.2, 0.25) is 0 Å². The van der Waals surface area contributed by atoms with E-state index < -0.39 is 5.38 Å². The van der Waals surface area contributed by atoms with Crippen LogP contribution >= 0.6 is 11.6 Å². The summed E-state index contributed by atoms with van der Waals surface area (Å²) in [4.78, 5) is 11.3. The molecule has 0 aliphatic rings. The van der Waals surface area contributed by atoms with Gasteiger partial charge in [0.05, 0.1) is 5.38 Å². The van der Waals surface area contributed by atoms with E-state index in [0.29, 0.717) is 0 Å². The topological polar surface area (TPSA) is 22.0 Å². The maximum absolute atomic E-state index is 11.3. The number of nitrogens with zero attached hydrogens (tertiary/aromatic N) is 1. The lowest BCUT2D eigenvalue weighted by atomic mass is 9.88. The molecule has 106 valence electrons. The molecule has 0 unspecified atom stereocenters. The molecular formula is C18H16ClNO. The number of fused-ring (bicyclic) bond motifs is 1. The van der Waals surface area contributed by atoms with Gasteiger partial charge in [0.1, 0.15) is 6.29 Å². The highest BCUT2D eigenvalue weighted by atomic mass is 35.5. The van der Waals surface area contributed by atoms with Gasteiger partial charge in [0, 0.05) is 30.1 Å². The molecule has 1 aromatic heterocycles. The summed E-state index contributed by atoms with van der Waals surface area (Å²) in [5.41, 5.74) is 3.29. The van der Waals surface area contributed by atoms with Crippen molar-refractivity contribution in [2.75, 3.05) is 0 Å². The van der Waals surface area contributed by atoms with Gasteiger partial charge in [-0.25, -0.2) is 0 Å². The van der Waals surface area contributed by atoms with Gasteiger partial charge in [-0.3, -0.25) is 0 Å². The minimum absolute atomic E-state index is 0.142. The van der Waals surface area contributed by atoms with Crippen molar-refractivity contribution in [1.82, 2.24) is 4.57 Å². The highest BCUT2D eigenvalue weighted by Gasteiger charge is 2.25. The molecular weight excluding hydrogens is 282 g/mol. The second-order valence-electron chi connectivity index (χ2n) is 5.18. The molecule has 2 aromatic carbocycles. The van der Waals surface area contributed by atoms with E-state index in [0.717, 1.165) is 28.3 Å². The fourth-order valence-corrected chi connectivity index (χ4v) is 3.18. The minimum atomic E-state index is -0.585. The third kappa shape index (κ3) is 2.47. The Balaban J connectivity index is 2.22. The molecule has 0 N–H and O–H groups in total. The summed E-state index contributed by atoms with van der Waals surface area (Å²) in [6.07, 6.45) is 2.89. The van der Waals surface area contributed by atoms with Crippen LogP contribution in [0.25, 0.3) is 10.9 Å². The number of alkyl halides is 1. The predicted octanol–water partition coefficient (Wildman–Crippen LogP) is 4.12. The van der Waals surface area contributed by atoms with Crippen LogP contribution in [0.3, 0.4) is 0 Å². The van der Waals surface area contributed by atoms with E-state index in [4.69, 9.17) is 11.6 Å². The quantitative estimate of drug-likeness (QED) is 0.524. The van der Waals surface area contributed by atoms with Crippen LogP contribution in [-0.4, -0.2) is 16.2 Å². The fourth-order valence-electron chi connectivity index (χ4n) is 2.89. The molecule has 0 fully saturated rings. The van der Waals surface area contributed by atoms with Gasteiger partial charge in [-0.1, -0.05) is 48.5 Å². The standard InChI is InChI=1S/C18H16ClNO/c1-20-11-15(14-9-5-6-10-17(14)20)18(16(19)12-21)13-7-3-2-4-8-13/h2-12,16,18H,1H3/t16-,18-/m1/s1. The monoisotopic (exact) mass is 297 g/mol. The fraction of sp³-hybridized carbons (Fsp3) is 0.167. The smallest absolute Gasteiger partial charge is 0.138 e. The molecule has 3 aromatic rings. The van der Waals surface area contributed by atoms with E-state index in [1.165, 1.54) is 0 Å². The second-order valence-corrected chi connectivity index (χ2v) is 5.69. The average Bonchev–Trinajstić information content (AvgIpc) is 2.86. The lowest BCUT2D eigenvalue weighted by Gasteiger charge is -2.18. The minimum Gasteiger partial charge on any atom is -0.350 e. The maximum Gasteiger partial charge on any atom is 0.138 e. The lowest BCUT2D eigenvalue weighted by molar-refractivity contribution is -0.107. The van der Waals surface area contributed by atoms with Crippen molar-refractivity contribution in [2.45, 2.75) is 11.3 Å². The largest absolute Gasteiger partial charge is 0.350 e. The number of aromatic nitrogens is 1. The number of benzene rings is 2. The van der Waals surface area contributed by atoms with Crippen LogP contribution in [0.2, 0.25) is 0 Å². The highest BCUT2D eigenvalue weighted by molar-refractivity contribution is 6.28. The van der Waals surface area contributed by atoms with Crippen molar-refractivity contribution < 1.29 is 4.79 Å². The number of para-hydroxylation sites is 1. The summed E-state index contributed by atoms with van der Waals surface area (Å²) in [5.74, 6) is -0.142. The zero-order valence-electron chi connectivity index (χ0n) is 11.7. The Morgan fingerprint density at radius 1 is 1.05 bits per heavy atom. The molecule has 0 saturated carbocycles. The van der Waals surface area contributed by atoms with Gasteiger partial charge in [-0.15, -0.1) is 11.6 Å². The summed E-state index contributed by atoms with van der Waals surface area (Å²) in [6, 6.07) is 18.1. The lowest BCUT2D eigenvalue weighted by Crippen LogP contribution is -2.15. The molecule has 0 saturated heterocycles. The zero-order valence-corrected chi connectivity index (χ0v) is 12.5. The van der Waals surface area contributed by atoms with Crippen molar-refractivity contribution in [1.29, 1.82) is 0 Å². The van der Waals surface area contributed by atoms with E-state index in [1.807, 2.05) is 49.5 Å². The van der Waals surface area contributed by atoms with E-state index >= 15 is 0 Å².